The number of nitrogens with zero attached hydrogens (tertiary/aromatic N) is 5. The number of β-amino-alcohol motifs (C(OH)–C–C–N with tert-alkyl or cyclic N) is 1. The summed E-state index contributed by atoms with van der Waals surface area (Å²) in [6, 6.07) is 15.7. The lowest BCUT2D eigenvalue weighted by atomic mass is 10.0. The first-order valence-electron chi connectivity index (χ1n) is 14.0. The lowest BCUT2D eigenvalue weighted by Crippen LogP contribution is -2.46. The second kappa shape index (κ2) is 11.6. The Labute approximate surface area is 234 Å². The molecule has 2 N–H and O–H groups in total. The van der Waals surface area contributed by atoms with Crippen molar-refractivity contribution in [3.8, 4) is 11.8 Å². The first-order chi connectivity index (χ1) is 19.6. The predicted molar refractivity (Wildman–Crippen MR) is 155 cm³/mol. The Balaban J connectivity index is 1.16. The Hall–Kier alpha value is -4.03. The monoisotopic (exact) mass is 534 g/mol. The predicted octanol–water partition coefficient (Wildman–Crippen LogP) is 3.68. The van der Waals surface area contributed by atoms with Gasteiger partial charge in [0.15, 0.2) is 5.65 Å². The van der Waals surface area contributed by atoms with Gasteiger partial charge >= 0.3 is 0 Å². The number of hydrogen-bond donors (Lipinski definition) is 2. The minimum Gasteiger partial charge on any atom is -0.395 e. The molecule has 40 heavy (non-hydrogen) atoms. The fraction of sp³-hybridized carbons (Fsp3) is 0.344. The van der Waals surface area contributed by atoms with Gasteiger partial charge in [0.05, 0.1) is 12.8 Å². The van der Waals surface area contributed by atoms with Crippen LogP contribution in [0, 0.1) is 18.8 Å². The van der Waals surface area contributed by atoms with E-state index in [0.29, 0.717) is 17.2 Å². The number of carbonyl (C=O) groups excluding carboxylic acids is 1. The maximum atomic E-state index is 13.3. The van der Waals surface area contributed by atoms with Crippen LogP contribution in [0.5, 0.6) is 0 Å². The van der Waals surface area contributed by atoms with Crippen molar-refractivity contribution in [2.24, 2.45) is 0 Å². The zero-order valence-electron chi connectivity index (χ0n) is 22.8. The fourth-order valence-corrected chi connectivity index (χ4v) is 5.29. The molecular weight excluding hydrogens is 500 g/mol. The van der Waals surface area contributed by atoms with Crippen LogP contribution in [0.3, 0.4) is 0 Å². The molecular formula is C32H34N6O2. The molecule has 2 aromatic heterocycles. The Morgan fingerprint density at radius 2 is 1.88 bits per heavy atom. The van der Waals surface area contributed by atoms with Crippen molar-refractivity contribution in [3.63, 3.8) is 0 Å². The van der Waals surface area contributed by atoms with Crippen molar-refractivity contribution in [2.75, 3.05) is 44.6 Å². The van der Waals surface area contributed by atoms with Crippen molar-refractivity contribution in [3.05, 3.63) is 94.4 Å². The molecule has 204 valence electrons. The van der Waals surface area contributed by atoms with E-state index in [9.17, 15) is 9.90 Å². The van der Waals surface area contributed by atoms with Gasteiger partial charge in [0.25, 0.3) is 5.91 Å². The number of amides is 1. The highest BCUT2D eigenvalue weighted by Crippen LogP contribution is 2.43. The molecule has 8 heteroatoms. The molecule has 1 aliphatic carbocycles. The summed E-state index contributed by atoms with van der Waals surface area (Å²) in [5, 5.41) is 16.6. The average molecular weight is 535 g/mol. The van der Waals surface area contributed by atoms with Gasteiger partial charge in [-0.2, -0.15) is 5.10 Å². The summed E-state index contributed by atoms with van der Waals surface area (Å²) < 4.78 is 1.71. The van der Waals surface area contributed by atoms with Gasteiger partial charge in [0, 0.05) is 62.3 Å². The lowest BCUT2D eigenvalue weighted by Gasteiger charge is -2.34. The molecule has 0 radical (unpaired) electrons. The van der Waals surface area contributed by atoms with Crippen molar-refractivity contribution >= 4 is 17.2 Å². The first-order valence-corrected chi connectivity index (χ1v) is 14.0. The number of nitrogens with one attached hydrogen (secondary N) is 1. The van der Waals surface area contributed by atoms with E-state index < -0.39 is 0 Å². The van der Waals surface area contributed by atoms with Gasteiger partial charge in [-0.15, -0.1) is 0 Å². The number of benzene rings is 2. The molecule has 2 aliphatic rings. The topological polar surface area (TPSA) is 86.0 Å². The summed E-state index contributed by atoms with van der Waals surface area (Å²) in [6.07, 6.45) is 5.82. The molecule has 0 bridgehead atoms. The van der Waals surface area contributed by atoms with Gasteiger partial charge in [-0.3, -0.25) is 14.6 Å². The van der Waals surface area contributed by atoms with Crippen LogP contribution in [0.4, 0.5) is 5.69 Å². The van der Waals surface area contributed by atoms with Crippen LogP contribution < -0.4 is 5.32 Å². The number of imidazole rings is 1. The second-order valence-corrected chi connectivity index (χ2v) is 10.7. The van der Waals surface area contributed by atoms with E-state index in [1.54, 1.807) is 16.9 Å². The third-order valence-electron chi connectivity index (χ3n) is 7.80. The third kappa shape index (κ3) is 5.92. The summed E-state index contributed by atoms with van der Waals surface area (Å²) in [7, 11) is 0. The van der Waals surface area contributed by atoms with Crippen LogP contribution >= 0.6 is 0 Å². The van der Waals surface area contributed by atoms with E-state index in [1.807, 2.05) is 43.3 Å². The van der Waals surface area contributed by atoms with Gasteiger partial charge in [-0.1, -0.05) is 18.1 Å². The number of aliphatic hydroxyl groups excluding tert-OH is 1. The fourth-order valence-electron chi connectivity index (χ4n) is 5.29. The first kappa shape index (κ1) is 26.2. The largest absolute Gasteiger partial charge is 0.395 e. The molecule has 0 spiro atoms. The lowest BCUT2D eigenvalue weighted by molar-refractivity contribution is 0.102. The van der Waals surface area contributed by atoms with E-state index in [0.717, 1.165) is 61.7 Å². The summed E-state index contributed by atoms with van der Waals surface area (Å²) in [4.78, 5) is 22.4. The molecule has 0 unspecified atom stereocenters. The maximum Gasteiger partial charge on any atom is 0.255 e. The Bertz CT molecular complexity index is 1590. The maximum absolute atomic E-state index is 13.3. The summed E-state index contributed by atoms with van der Waals surface area (Å²) in [5.74, 6) is 6.80. The molecule has 8 nitrogen and oxygen atoms in total. The van der Waals surface area contributed by atoms with Crippen LogP contribution in [0.15, 0.2) is 60.9 Å². The number of carbonyl (C=O) groups is 1. The zero-order chi connectivity index (χ0) is 27.5. The van der Waals surface area contributed by atoms with Crippen LogP contribution in [-0.4, -0.2) is 74.7 Å². The Morgan fingerprint density at radius 1 is 1.05 bits per heavy atom. The van der Waals surface area contributed by atoms with Crippen LogP contribution in [0.2, 0.25) is 0 Å². The zero-order valence-corrected chi connectivity index (χ0v) is 22.8. The molecule has 2 aromatic carbocycles. The highest BCUT2D eigenvalue weighted by Gasteiger charge is 2.27. The second-order valence-electron chi connectivity index (χ2n) is 10.7. The minimum absolute atomic E-state index is 0.144. The molecule has 1 saturated heterocycles. The number of aromatic nitrogens is 3. The standard InChI is InChI=1S/C32H34N6O2/c1-23-4-5-26(19-25(23)9-11-29-21-33-31-3-2-12-34-38(29)31)32(40)35-28-10-8-27(30(20-28)24-6-7-24)22-37-15-13-36(14-16-37)17-18-39/h2-5,8,10,12,19-21,24,39H,6-7,13-18,22H2,1H3,(H,35,40). The molecule has 2 fully saturated rings. The molecule has 1 amide bonds. The quantitative estimate of drug-likeness (QED) is 0.352. The number of aryl methyl sites for hydroxylation is 1. The number of hydrogen-bond acceptors (Lipinski definition) is 6. The summed E-state index contributed by atoms with van der Waals surface area (Å²) >= 11 is 0. The van der Waals surface area contributed by atoms with Gasteiger partial charge < -0.3 is 10.4 Å². The van der Waals surface area contributed by atoms with E-state index in [-0.39, 0.29) is 12.5 Å². The Kier molecular flexibility index (Phi) is 7.60. The molecule has 0 atom stereocenters. The van der Waals surface area contributed by atoms with Crippen molar-refractivity contribution in [1.29, 1.82) is 0 Å². The van der Waals surface area contributed by atoms with Gasteiger partial charge in [0.1, 0.15) is 5.69 Å². The molecule has 6 rings (SSSR count). The highest BCUT2D eigenvalue weighted by atomic mass is 16.3. The van der Waals surface area contributed by atoms with E-state index in [1.165, 1.54) is 24.0 Å². The highest BCUT2D eigenvalue weighted by molar-refractivity contribution is 6.04. The summed E-state index contributed by atoms with van der Waals surface area (Å²) in [5.41, 5.74) is 7.35. The van der Waals surface area contributed by atoms with Crippen molar-refractivity contribution in [1.82, 2.24) is 24.4 Å². The number of aliphatic hydroxyl groups is 1. The van der Waals surface area contributed by atoms with Gasteiger partial charge in [0.2, 0.25) is 0 Å². The number of piperazine rings is 1. The van der Waals surface area contributed by atoms with Crippen LogP contribution in [0.25, 0.3) is 5.65 Å². The third-order valence-corrected chi connectivity index (χ3v) is 7.80. The molecule has 3 heterocycles. The molecule has 1 aliphatic heterocycles. The SMILES string of the molecule is Cc1ccc(C(=O)Nc2ccc(CN3CCN(CCO)CC3)c(C3CC3)c2)cc1C#Cc1cnc2cccnn12. The van der Waals surface area contributed by atoms with Crippen LogP contribution in [-0.2, 0) is 6.54 Å². The van der Waals surface area contributed by atoms with Crippen molar-refractivity contribution < 1.29 is 9.90 Å². The minimum atomic E-state index is -0.144. The van der Waals surface area contributed by atoms with E-state index in [2.05, 4.69) is 49.2 Å². The molecule has 4 aromatic rings. The van der Waals surface area contributed by atoms with Gasteiger partial charge in [-0.25, -0.2) is 9.50 Å². The van der Waals surface area contributed by atoms with E-state index >= 15 is 0 Å². The molecule has 1 saturated carbocycles. The number of rotatable bonds is 7. The smallest absolute Gasteiger partial charge is 0.255 e. The number of anilines is 1. The van der Waals surface area contributed by atoms with E-state index in [4.69, 9.17) is 0 Å². The normalized spacial score (nSPS) is 16.1. The van der Waals surface area contributed by atoms with Gasteiger partial charge in [-0.05, 0) is 84.7 Å². The average Bonchev–Trinajstić information content (AvgIpc) is 3.74. The van der Waals surface area contributed by atoms with Crippen LogP contribution in [0.1, 0.15) is 57.1 Å². The number of fused-ring (bicyclic) bond motifs is 1. The Morgan fingerprint density at radius 3 is 2.67 bits per heavy atom. The van der Waals surface area contributed by atoms with Crippen molar-refractivity contribution in [2.45, 2.75) is 32.2 Å². The summed E-state index contributed by atoms with van der Waals surface area (Å²) in [6.45, 7) is 7.89.